The number of carbonyl (C=O) groups excluding carboxylic acids is 2. The van der Waals surface area contributed by atoms with Gasteiger partial charge in [-0.05, 0) is 18.2 Å². The molecule has 4 rings (SSSR count). The van der Waals surface area contributed by atoms with E-state index in [1.165, 1.54) is 7.11 Å². The molecule has 2 amide bonds. The van der Waals surface area contributed by atoms with Gasteiger partial charge in [0.25, 0.3) is 0 Å². The number of benzene rings is 1. The van der Waals surface area contributed by atoms with Crippen LogP contribution in [0.5, 0.6) is 0 Å². The predicted octanol–water partition coefficient (Wildman–Crippen LogP) is 1.47. The van der Waals surface area contributed by atoms with Gasteiger partial charge in [-0.25, -0.2) is 0 Å². The number of ether oxygens (including phenoxy) is 1. The second-order valence-electron chi connectivity index (χ2n) is 7.32. The Morgan fingerprint density at radius 1 is 1.28 bits per heavy atom. The first-order chi connectivity index (χ1) is 14.0. The van der Waals surface area contributed by atoms with Crippen LogP contribution in [-0.4, -0.2) is 59.3 Å². The number of fused-ring (bicyclic) bond motifs is 1. The van der Waals surface area contributed by atoms with Gasteiger partial charge in [-0.1, -0.05) is 18.2 Å². The van der Waals surface area contributed by atoms with Crippen LogP contribution in [0, 0.1) is 0 Å². The normalized spacial score (nSPS) is 19.0. The van der Waals surface area contributed by atoms with E-state index in [0.29, 0.717) is 18.8 Å². The first kappa shape index (κ1) is 19.2. The Labute approximate surface area is 168 Å². The standard InChI is InChI=1S/C21H24N4O4/c1-24-18(7-8-22-24)16-11-25(12-17(16)23-20(26)13-28-2)21(27)10-15-9-14-5-3-4-6-19(14)29-15/h3-9,16-17H,10-13H2,1-2H3,(H,23,26)/t16-,17-/m1/s1. The van der Waals surface area contributed by atoms with Crippen molar-refractivity contribution in [3.63, 3.8) is 0 Å². The lowest BCUT2D eigenvalue weighted by Gasteiger charge is -2.19. The monoisotopic (exact) mass is 396 g/mol. The summed E-state index contributed by atoms with van der Waals surface area (Å²) in [5.41, 5.74) is 1.75. The molecule has 1 aliphatic rings. The molecular weight excluding hydrogens is 372 g/mol. The third kappa shape index (κ3) is 4.02. The van der Waals surface area contributed by atoms with Gasteiger partial charge < -0.3 is 19.4 Å². The van der Waals surface area contributed by atoms with Crippen LogP contribution in [0.3, 0.4) is 0 Å². The predicted molar refractivity (Wildman–Crippen MR) is 106 cm³/mol. The first-order valence-corrected chi connectivity index (χ1v) is 9.56. The van der Waals surface area contributed by atoms with E-state index >= 15 is 0 Å². The molecule has 0 unspecified atom stereocenters. The number of para-hydroxylation sites is 1. The SMILES string of the molecule is COCC(=O)N[C@@H]1CN(C(=O)Cc2cc3ccccc3o2)C[C@H]1c1ccnn1C. The maximum absolute atomic E-state index is 13.0. The lowest BCUT2D eigenvalue weighted by Crippen LogP contribution is -2.42. The third-order valence-corrected chi connectivity index (χ3v) is 5.34. The van der Waals surface area contributed by atoms with Crippen molar-refractivity contribution in [1.29, 1.82) is 0 Å². The quantitative estimate of drug-likeness (QED) is 0.682. The minimum Gasteiger partial charge on any atom is -0.461 e. The van der Waals surface area contributed by atoms with Crippen LogP contribution in [0.15, 0.2) is 47.0 Å². The lowest BCUT2D eigenvalue weighted by molar-refractivity contribution is -0.130. The molecule has 1 aliphatic heterocycles. The van der Waals surface area contributed by atoms with E-state index in [4.69, 9.17) is 9.15 Å². The summed E-state index contributed by atoms with van der Waals surface area (Å²) >= 11 is 0. The Hall–Kier alpha value is -3.13. The number of hydrogen-bond acceptors (Lipinski definition) is 5. The van der Waals surface area contributed by atoms with E-state index < -0.39 is 0 Å². The van der Waals surface area contributed by atoms with Crippen LogP contribution in [0.1, 0.15) is 17.4 Å². The molecule has 8 heteroatoms. The Morgan fingerprint density at radius 2 is 2.10 bits per heavy atom. The smallest absolute Gasteiger partial charge is 0.246 e. The van der Waals surface area contributed by atoms with E-state index in [2.05, 4.69) is 10.4 Å². The molecule has 8 nitrogen and oxygen atoms in total. The number of furan rings is 1. The van der Waals surface area contributed by atoms with Crippen molar-refractivity contribution in [2.75, 3.05) is 26.8 Å². The molecule has 0 saturated carbocycles. The average molecular weight is 396 g/mol. The van der Waals surface area contributed by atoms with Gasteiger partial charge >= 0.3 is 0 Å². The number of nitrogens with zero attached hydrogens (tertiary/aromatic N) is 3. The van der Waals surface area contributed by atoms with Gasteiger partial charge in [0.2, 0.25) is 11.8 Å². The molecule has 3 heterocycles. The topological polar surface area (TPSA) is 89.6 Å². The number of likely N-dealkylation sites (tertiary alicyclic amines) is 1. The van der Waals surface area contributed by atoms with Gasteiger partial charge in [-0.15, -0.1) is 0 Å². The number of carbonyl (C=O) groups is 2. The average Bonchev–Trinajstić information content (AvgIpc) is 3.39. The highest BCUT2D eigenvalue weighted by molar-refractivity contribution is 5.83. The number of rotatable bonds is 6. The number of methoxy groups -OCH3 is 1. The van der Waals surface area contributed by atoms with Crippen LogP contribution in [-0.2, 0) is 27.8 Å². The van der Waals surface area contributed by atoms with Crippen molar-refractivity contribution in [1.82, 2.24) is 20.0 Å². The van der Waals surface area contributed by atoms with Gasteiger partial charge in [0.1, 0.15) is 18.0 Å². The molecule has 2 aromatic heterocycles. The molecule has 0 spiro atoms. The Kier molecular flexibility index (Phi) is 5.35. The highest BCUT2D eigenvalue weighted by Crippen LogP contribution is 2.28. The number of nitrogens with one attached hydrogen (secondary N) is 1. The molecule has 0 bridgehead atoms. The fourth-order valence-corrected chi connectivity index (χ4v) is 3.97. The molecule has 1 saturated heterocycles. The van der Waals surface area contributed by atoms with Gasteiger partial charge in [0, 0.05) is 50.4 Å². The Morgan fingerprint density at radius 3 is 2.83 bits per heavy atom. The van der Waals surface area contributed by atoms with E-state index in [0.717, 1.165) is 16.7 Å². The van der Waals surface area contributed by atoms with Crippen molar-refractivity contribution in [3.05, 3.63) is 54.0 Å². The molecule has 0 radical (unpaired) electrons. The van der Waals surface area contributed by atoms with Crippen LogP contribution in [0.4, 0.5) is 0 Å². The largest absolute Gasteiger partial charge is 0.461 e. The minimum absolute atomic E-state index is 0.0124. The van der Waals surface area contributed by atoms with Crippen LogP contribution in [0.2, 0.25) is 0 Å². The highest BCUT2D eigenvalue weighted by atomic mass is 16.5. The zero-order chi connectivity index (χ0) is 20.4. The van der Waals surface area contributed by atoms with Gasteiger partial charge in [-0.3, -0.25) is 14.3 Å². The number of amides is 2. The summed E-state index contributed by atoms with van der Waals surface area (Å²) in [4.78, 5) is 26.8. The molecule has 1 fully saturated rings. The summed E-state index contributed by atoms with van der Waals surface area (Å²) < 4.78 is 12.5. The maximum Gasteiger partial charge on any atom is 0.246 e. The first-order valence-electron chi connectivity index (χ1n) is 9.56. The molecule has 2 atom stereocenters. The molecule has 3 aromatic rings. The van der Waals surface area contributed by atoms with E-state index in [1.54, 1.807) is 15.8 Å². The van der Waals surface area contributed by atoms with Crippen molar-refractivity contribution in [2.45, 2.75) is 18.4 Å². The fourth-order valence-electron chi connectivity index (χ4n) is 3.97. The van der Waals surface area contributed by atoms with Gasteiger partial charge in [0.15, 0.2) is 0 Å². The summed E-state index contributed by atoms with van der Waals surface area (Å²) in [6.45, 7) is 0.933. The second kappa shape index (κ2) is 8.08. The number of hydrogen-bond donors (Lipinski definition) is 1. The molecular formula is C21H24N4O4. The van der Waals surface area contributed by atoms with Crippen molar-refractivity contribution >= 4 is 22.8 Å². The summed E-state index contributed by atoms with van der Waals surface area (Å²) in [6.07, 6.45) is 1.91. The van der Waals surface area contributed by atoms with Crippen LogP contribution >= 0.6 is 0 Å². The summed E-state index contributed by atoms with van der Waals surface area (Å²) in [6, 6.07) is 11.3. The minimum atomic E-state index is -0.201. The van der Waals surface area contributed by atoms with E-state index in [1.807, 2.05) is 43.4 Å². The molecule has 152 valence electrons. The van der Waals surface area contributed by atoms with Crippen molar-refractivity contribution in [2.24, 2.45) is 7.05 Å². The molecule has 0 aliphatic carbocycles. The second-order valence-corrected chi connectivity index (χ2v) is 7.32. The lowest BCUT2D eigenvalue weighted by atomic mass is 9.99. The molecule has 29 heavy (non-hydrogen) atoms. The highest BCUT2D eigenvalue weighted by Gasteiger charge is 2.38. The summed E-state index contributed by atoms with van der Waals surface area (Å²) in [7, 11) is 3.35. The molecule has 1 N–H and O–H groups in total. The Balaban J connectivity index is 1.50. The van der Waals surface area contributed by atoms with E-state index in [-0.39, 0.29) is 36.8 Å². The van der Waals surface area contributed by atoms with Gasteiger partial charge in [0.05, 0.1) is 12.5 Å². The van der Waals surface area contributed by atoms with E-state index in [9.17, 15) is 9.59 Å². The summed E-state index contributed by atoms with van der Waals surface area (Å²) in [5, 5.41) is 8.21. The summed E-state index contributed by atoms with van der Waals surface area (Å²) in [5.74, 6) is 0.374. The van der Waals surface area contributed by atoms with Crippen molar-refractivity contribution < 1.29 is 18.7 Å². The molecule has 1 aromatic carbocycles. The zero-order valence-electron chi connectivity index (χ0n) is 16.5. The number of aryl methyl sites for hydroxylation is 1. The zero-order valence-corrected chi connectivity index (χ0v) is 16.5. The van der Waals surface area contributed by atoms with Gasteiger partial charge in [-0.2, -0.15) is 5.10 Å². The third-order valence-electron chi connectivity index (χ3n) is 5.34. The fraction of sp³-hybridized carbons (Fsp3) is 0.381. The van der Waals surface area contributed by atoms with Crippen molar-refractivity contribution in [3.8, 4) is 0 Å². The Bertz CT molecular complexity index is 992. The van der Waals surface area contributed by atoms with Crippen LogP contribution in [0.25, 0.3) is 11.0 Å². The number of aromatic nitrogens is 2. The van der Waals surface area contributed by atoms with Crippen LogP contribution < -0.4 is 5.32 Å². The maximum atomic E-state index is 13.0.